The van der Waals surface area contributed by atoms with Crippen LogP contribution >= 0.6 is 12.2 Å². The van der Waals surface area contributed by atoms with Gasteiger partial charge in [0.1, 0.15) is 11.9 Å². The molecule has 2 atom stereocenters. The molecular formula is C30H31N5S. The first kappa shape index (κ1) is 23.9. The number of aromatic amines is 1. The van der Waals surface area contributed by atoms with E-state index < -0.39 is 0 Å². The maximum Gasteiger partial charge on any atom is 0.179 e. The maximum atomic E-state index is 5.90. The molecule has 0 bridgehead atoms. The standard InChI is InChI=1S/C30H31N5S/c1-3-11-22(4-2)26(18-21-12-7-5-8-13-21)33-29-28(23-14-9-6-10-15-23)35(30(36)34-29)24-16-17-25-27(19-24)32-20-31-25/h3-5,7-8,11-14,16-17,19-20,26,28H,1-2,6,9-10,15,18H2,(H,31,32)(H,33,34,36)/b22-11+. The topological polar surface area (TPSA) is 56.3 Å². The summed E-state index contributed by atoms with van der Waals surface area (Å²) in [5.41, 5.74) is 6.55. The summed E-state index contributed by atoms with van der Waals surface area (Å²) in [4.78, 5) is 15.2. The molecule has 182 valence electrons. The Kier molecular flexibility index (Phi) is 7.23. The highest BCUT2D eigenvalue weighted by Crippen LogP contribution is 2.33. The molecule has 0 amide bonds. The Bertz CT molecular complexity index is 1360. The van der Waals surface area contributed by atoms with Crippen molar-refractivity contribution < 1.29 is 0 Å². The minimum absolute atomic E-state index is 0.0674. The molecule has 2 heterocycles. The van der Waals surface area contributed by atoms with Crippen molar-refractivity contribution in [3.05, 3.63) is 109 Å². The van der Waals surface area contributed by atoms with Gasteiger partial charge in [-0.05, 0) is 79.2 Å². The van der Waals surface area contributed by atoms with E-state index in [1.807, 2.05) is 18.2 Å². The van der Waals surface area contributed by atoms with Gasteiger partial charge in [0.05, 0.1) is 23.4 Å². The van der Waals surface area contributed by atoms with Crippen molar-refractivity contribution in [1.29, 1.82) is 0 Å². The van der Waals surface area contributed by atoms with Crippen LogP contribution in [-0.4, -0.2) is 33.0 Å². The van der Waals surface area contributed by atoms with Crippen LogP contribution in [0.5, 0.6) is 0 Å². The predicted molar refractivity (Wildman–Crippen MR) is 154 cm³/mol. The number of hydrogen-bond donors (Lipinski definition) is 2. The van der Waals surface area contributed by atoms with Gasteiger partial charge >= 0.3 is 0 Å². The molecule has 5 rings (SSSR count). The van der Waals surface area contributed by atoms with Gasteiger partial charge in [0.2, 0.25) is 0 Å². The van der Waals surface area contributed by atoms with Crippen molar-refractivity contribution >= 4 is 39.9 Å². The first-order chi connectivity index (χ1) is 17.7. The Labute approximate surface area is 218 Å². The molecule has 2 N–H and O–H groups in total. The lowest BCUT2D eigenvalue weighted by atomic mass is 9.92. The summed E-state index contributed by atoms with van der Waals surface area (Å²) in [5.74, 6) is 0.882. The summed E-state index contributed by atoms with van der Waals surface area (Å²) in [7, 11) is 0. The summed E-state index contributed by atoms with van der Waals surface area (Å²) in [6.07, 6.45) is 15.1. The number of rotatable bonds is 8. The van der Waals surface area contributed by atoms with Gasteiger partial charge in [-0.1, -0.05) is 67.8 Å². The van der Waals surface area contributed by atoms with Crippen LogP contribution < -0.4 is 10.2 Å². The number of amidine groups is 1. The zero-order valence-electron chi connectivity index (χ0n) is 20.4. The van der Waals surface area contributed by atoms with E-state index in [0.717, 1.165) is 47.4 Å². The quantitative estimate of drug-likeness (QED) is 0.216. The van der Waals surface area contributed by atoms with Crippen LogP contribution in [0.2, 0.25) is 0 Å². The zero-order valence-corrected chi connectivity index (χ0v) is 21.2. The smallest absolute Gasteiger partial charge is 0.179 e. The van der Waals surface area contributed by atoms with E-state index >= 15 is 0 Å². The van der Waals surface area contributed by atoms with Gasteiger partial charge < -0.3 is 15.2 Å². The molecule has 1 aliphatic heterocycles. The number of nitrogens with zero attached hydrogens (tertiary/aromatic N) is 3. The number of H-pyrrole nitrogens is 1. The highest BCUT2D eigenvalue weighted by atomic mass is 32.1. The summed E-state index contributed by atoms with van der Waals surface area (Å²) in [5, 5.41) is 4.14. The molecule has 2 aliphatic rings. The highest BCUT2D eigenvalue weighted by molar-refractivity contribution is 7.80. The van der Waals surface area contributed by atoms with Crippen LogP contribution in [0.15, 0.2) is 108 Å². The molecule has 0 radical (unpaired) electrons. The third kappa shape index (κ3) is 4.95. The van der Waals surface area contributed by atoms with Crippen LogP contribution in [0.4, 0.5) is 5.69 Å². The molecule has 0 spiro atoms. The summed E-state index contributed by atoms with van der Waals surface area (Å²) >= 11 is 5.90. The normalized spacial score (nSPS) is 20.3. The van der Waals surface area contributed by atoms with Gasteiger partial charge in [0.15, 0.2) is 5.11 Å². The van der Waals surface area contributed by atoms with Crippen LogP contribution in [0.3, 0.4) is 0 Å². The summed E-state index contributed by atoms with van der Waals surface area (Å²) in [6.45, 7) is 7.97. The van der Waals surface area contributed by atoms with Gasteiger partial charge in [-0.25, -0.2) is 4.98 Å². The van der Waals surface area contributed by atoms with Crippen LogP contribution in [0.25, 0.3) is 11.0 Å². The Hall–Kier alpha value is -3.77. The van der Waals surface area contributed by atoms with Crippen molar-refractivity contribution in [2.24, 2.45) is 4.99 Å². The second kappa shape index (κ2) is 10.9. The van der Waals surface area contributed by atoms with Crippen molar-refractivity contribution in [3.8, 4) is 0 Å². The minimum Gasteiger partial charge on any atom is -0.345 e. The van der Waals surface area contributed by atoms with E-state index in [4.69, 9.17) is 17.2 Å². The first-order valence-electron chi connectivity index (χ1n) is 12.5. The number of aromatic nitrogens is 2. The Morgan fingerprint density at radius 3 is 2.81 bits per heavy atom. The molecular weight excluding hydrogens is 462 g/mol. The molecule has 1 saturated heterocycles. The molecule has 0 saturated carbocycles. The van der Waals surface area contributed by atoms with Crippen molar-refractivity contribution in [3.63, 3.8) is 0 Å². The molecule has 1 aromatic heterocycles. The Morgan fingerprint density at radius 2 is 2.06 bits per heavy atom. The van der Waals surface area contributed by atoms with E-state index in [9.17, 15) is 0 Å². The number of aliphatic imine (C=N–C) groups is 1. The van der Waals surface area contributed by atoms with Gasteiger partial charge in [-0.15, -0.1) is 0 Å². The van der Waals surface area contributed by atoms with E-state index in [1.54, 1.807) is 12.4 Å². The molecule has 6 heteroatoms. The van der Waals surface area contributed by atoms with Crippen molar-refractivity contribution in [2.45, 2.75) is 44.2 Å². The van der Waals surface area contributed by atoms with Crippen molar-refractivity contribution in [1.82, 2.24) is 15.3 Å². The molecule has 36 heavy (non-hydrogen) atoms. The number of benzene rings is 2. The number of hydrogen-bond acceptors (Lipinski definition) is 3. The number of fused-ring (bicyclic) bond motifs is 1. The monoisotopic (exact) mass is 493 g/mol. The lowest BCUT2D eigenvalue weighted by Gasteiger charge is -2.29. The van der Waals surface area contributed by atoms with E-state index in [0.29, 0.717) is 5.11 Å². The third-order valence-electron chi connectivity index (χ3n) is 6.83. The lowest BCUT2D eigenvalue weighted by molar-refractivity contribution is 0.674. The molecule has 2 aromatic carbocycles. The summed E-state index contributed by atoms with van der Waals surface area (Å²) in [6, 6.07) is 16.5. The fourth-order valence-corrected chi connectivity index (χ4v) is 5.38. The van der Waals surface area contributed by atoms with Gasteiger partial charge in [-0.2, -0.15) is 0 Å². The largest absolute Gasteiger partial charge is 0.345 e. The number of nitrogens with one attached hydrogen (secondary N) is 2. The third-order valence-corrected chi connectivity index (χ3v) is 7.13. The number of imidazole rings is 1. The number of allylic oxidation sites excluding steroid dienone is 3. The molecule has 1 aliphatic carbocycles. The Morgan fingerprint density at radius 1 is 1.19 bits per heavy atom. The van der Waals surface area contributed by atoms with Gasteiger partial charge in [0.25, 0.3) is 0 Å². The number of thiocarbonyl (C=S) groups is 1. The minimum atomic E-state index is -0.117. The predicted octanol–water partition coefficient (Wildman–Crippen LogP) is 6.43. The highest BCUT2D eigenvalue weighted by Gasteiger charge is 2.38. The van der Waals surface area contributed by atoms with Crippen LogP contribution in [0.1, 0.15) is 31.2 Å². The maximum absolute atomic E-state index is 5.90. The fraction of sp³-hybridized carbons (Fsp3) is 0.233. The van der Waals surface area contributed by atoms with E-state index in [1.165, 1.54) is 24.0 Å². The van der Waals surface area contributed by atoms with Gasteiger partial charge in [-0.3, -0.25) is 4.99 Å². The molecule has 2 unspecified atom stereocenters. The van der Waals surface area contributed by atoms with Crippen molar-refractivity contribution in [2.75, 3.05) is 4.90 Å². The average Bonchev–Trinajstić information content (AvgIpc) is 3.51. The van der Waals surface area contributed by atoms with Gasteiger partial charge in [0, 0.05) is 5.69 Å². The second-order valence-electron chi connectivity index (χ2n) is 9.16. The van der Waals surface area contributed by atoms with E-state index in [2.05, 4.69) is 81.9 Å². The fourth-order valence-electron chi connectivity index (χ4n) is 5.06. The molecule has 1 fully saturated rings. The zero-order chi connectivity index (χ0) is 24.9. The molecule has 3 aromatic rings. The Balaban J connectivity index is 1.59. The van der Waals surface area contributed by atoms with Crippen LogP contribution in [-0.2, 0) is 6.42 Å². The first-order valence-corrected chi connectivity index (χ1v) is 12.9. The second-order valence-corrected chi connectivity index (χ2v) is 9.54. The number of anilines is 1. The SMILES string of the molecule is C=C/C=C(\C=C)C(Cc1ccccc1)/N=C1\NC(=S)N(c2ccc3[nH]cnc3c2)C1C1=CCCCC1. The molecule has 5 nitrogen and oxygen atoms in total. The average molecular weight is 494 g/mol. The lowest BCUT2D eigenvalue weighted by Crippen LogP contribution is -2.37. The van der Waals surface area contributed by atoms with E-state index in [-0.39, 0.29) is 12.1 Å². The van der Waals surface area contributed by atoms with Crippen LogP contribution in [0, 0.1) is 0 Å². The summed E-state index contributed by atoms with van der Waals surface area (Å²) < 4.78 is 0.